The highest BCUT2D eigenvalue weighted by Gasteiger charge is 2.38. The van der Waals surface area contributed by atoms with E-state index in [0.29, 0.717) is 19.6 Å². The molecule has 3 heterocycles. The predicted molar refractivity (Wildman–Crippen MR) is 109 cm³/mol. The van der Waals surface area contributed by atoms with Gasteiger partial charge >= 0.3 is 0 Å². The largest absolute Gasteiger partial charge is 0.362 e. The average molecular weight is 380 g/mol. The lowest BCUT2D eigenvalue weighted by molar-refractivity contribution is -0.136. The van der Waals surface area contributed by atoms with Crippen LogP contribution in [0.15, 0.2) is 24.3 Å². The van der Waals surface area contributed by atoms with Gasteiger partial charge in [0.05, 0.1) is 24.2 Å². The van der Waals surface area contributed by atoms with Gasteiger partial charge in [-0.15, -0.1) is 0 Å². The molecular formula is C21H28N6O. The van der Waals surface area contributed by atoms with Gasteiger partial charge in [0, 0.05) is 32.7 Å². The van der Waals surface area contributed by atoms with Crippen LogP contribution in [-0.4, -0.2) is 48.0 Å². The predicted octanol–water partition coefficient (Wildman–Crippen LogP) is 1.51. The fraction of sp³-hybridized carbons (Fsp3) is 0.476. The molecular weight excluding hydrogens is 352 g/mol. The van der Waals surface area contributed by atoms with Gasteiger partial charge in [0.25, 0.3) is 0 Å². The standard InChI is InChI=1S/C21H28N6O/c1-13-6-5-7-15(10-13)19-17(11-22-25-19)21(28)27-9-8-16-18(12-27)23-14(2)24-20(16)26(3)4/h5-7,10,17,19,22,25H,8-9,11-12H2,1-4H3. The van der Waals surface area contributed by atoms with Crippen LogP contribution in [0.5, 0.6) is 0 Å². The Labute approximate surface area is 166 Å². The summed E-state index contributed by atoms with van der Waals surface area (Å²) in [5, 5.41) is 0. The lowest BCUT2D eigenvalue weighted by Crippen LogP contribution is -2.42. The van der Waals surface area contributed by atoms with Crippen molar-refractivity contribution in [3.05, 3.63) is 52.5 Å². The molecule has 148 valence electrons. The van der Waals surface area contributed by atoms with E-state index in [1.54, 1.807) is 0 Å². The molecule has 7 nitrogen and oxygen atoms in total. The third-order valence-corrected chi connectivity index (χ3v) is 5.59. The molecule has 2 aliphatic heterocycles. The highest BCUT2D eigenvalue weighted by atomic mass is 16.2. The summed E-state index contributed by atoms with van der Waals surface area (Å²) in [5.41, 5.74) is 11.0. The summed E-state index contributed by atoms with van der Waals surface area (Å²) >= 11 is 0. The van der Waals surface area contributed by atoms with E-state index in [0.717, 1.165) is 34.9 Å². The summed E-state index contributed by atoms with van der Waals surface area (Å²) in [4.78, 5) is 26.6. The van der Waals surface area contributed by atoms with Crippen molar-refractivity contribution in [3.63, 3.8) is 0 Å². The van der Waals surface area contributed by atoms with Gasteiger partial charge in [-0.3, -0.25) is 10.2 Å². The fourth-order valence-corrected chi connectivity index (χ4v) is 4.23. The molecule has 2 aromatic rings. The number of nitrogens with zero attached hydrogens (tertiary/aromatic N) is 4. The molecule has 1 aromatic carbocycles. The fourth-order valence-electron chi connectivity index (χ4n) is 4.23. The van der Waals surface area contributed by atoms with Crippen molar-refractivity contribution in [3.8, 4) is 0 Å². The van der Waals surface area contributed by atoms with Crippen LogP contribution in [0.2, 0.25) is 0 Å². The Morgan fingerprint density at radius 1 is 1.25 bits per heavy atom. The minimum atomic E-state index is -0.125. The van der Waals surface area contributed by atoms with Crippen molar-refractivity contribution in [1.29, 1.82) is 0 Å². The molecule has 2 N–H and O–H groups in total. The number of carbonyl (C=O) groups is 1. The topological polar surface area (TPSA) is 73.4 Å². The zero-order valence-corrected chi connectivity index (χ0v) is 17.0. The van der Waals surface area contributed by atoms with Gasteiger partial charge in [-0.25, -0.2) is 15.4 Å². The summed E-state index contributed by atoms with van der Waals surface area (Å²) < 4.78 is 0. The van der Waals surface area contributed by atoms with Crippen LogP contribution < -0.4 is 15.8 Å². The summed E-state index contributed by atoms with van der Waals surface area (Å²) in [7, 11) is 4.00. The summed E-state index contributed by atoms with van der Waals surface area (Å²) in [5.74, 6) is 1.77. The molecule has 2 unspecified atom stereocenters. The van der Waals surface area contributed by atoms with Crippen LogP contribution in [0, 0.1) is 19.8 Å². The molecule has 0 aliphatic carbocycles. The molecule has 0 bridgehead atoms. The van der Waals surface area contributed by atoms with Gasteiger partial charge in [-0.1, -0.05) is 29.8 Å². The number of carbonyl (C=O) groups excluding carboxylic acids is 1. The van der Waals surface area contributed by atoms with Crippen molar-refractivity contribution in [2.75, 3.05) is 32.1 Å². The number of anilines is 1. The Hall–Kier alpha value is -2.51. The molecule has 0 spiro atoms. The zero-order chi connectivity index (χ0) is 19.8. The highest BCUT2D eigenvalue weighted by Crippen LogP contribution is 2.30. The maximum absolute atomic E-state index is 13.4. The molecule has 2 atom stereocenters. The molecule has 1 fully saturated rings. The van der Waals surface area contributed by atoms with Crippen LogP contribution in [0.25, 0.3) is 0 Å². The lowest BCUT2D eigenvalue weighted by atomic mass is 9.92. The van der Waals surface area contributed by atoms with Crippen molar-refractivity contribution in [1.82, 2.24) is 25.7 Å². The van der Waals surface area contributed by atoms with Crippen molar-refractivity contribution < 1.29 is 4.79 Å². The number of hydrazine groups is 1. The van der Waals surface area contributed by atoms with Gasteiger partial charge < -0.3 is 9.80 Å². The van der Waals surface area contributed by atoms with E-state index in [9.17, 15) is 4.79 Å². The normalized spacial score (nSPS) is 21.5. The van der Waals surface area contributed by atoms with Crippen LogP contribution in [-0.2, 0) is 17.8 Å². The molecule has 1 amide bonds. The second-order valence-corrected chi connectivity index (χ2v) is 7.95. The zero-order valence-electron chi connectivity index (χ0n) is 17.0. The smallest absolute Gasteiger partial charge is 0.229 e. The van der Waals surface area contributed by atoms with E-state index in [4.69, 9.17) is 0 Å². The Bertz CT molecular complexity index is 896. The van der Waals surface area contributed by atoms with Gasteiger partial charge in [0.15, 0.2) is 0 Å². The Balaban J connectivity index is 1.56. The van der Waals surface area contributed by atoms with E-state index < -0.39 is 0 Å². The molecule has 2 aliphatic rings. The minimum absolute atomic E-state index is 0.0155. The van der Waals surface area contributed by atoms with E-state index in [2.05, 4.69) is 45.9 Å². The number of amides is 1. The van der Waals surface area contributed by atoms with Gasteiger partial charge in [-0.05, 0) is 25.8 Å². The molecule has 7 heteroatoms. The first-order valence-corrected chi connectivity index (χ1v) is 9.81. The number of hydrogen-bond donors (Lipinski definition) is 2. The van der Waals surface area contributed by atoms with Crippen molar-refractivity contribution in [2.24, 2.45) is 5.92 Å². The quantitative estimate of drug-likeness (QED) is 0.841. The molecule has 1 saturated heterocycles. The first-order chi connectivity index (χ1) is 13.4. The first kappa shape index (κ1) is 18.8. The van der Waals surface area contributed by atoms with Crippen LogP contribution in [0.4, 0.5) is 5.82 Å². The molecule has 4 rings (SSSR count). The second kappa shape index (κ2) is 7.48. The third kappa shape index (κ3) is 3.47. The first-order valence-electron chi connectivity index (χ1n) is 9.81. The van der Waals surface area contributed by atoms with E-state index in [-0.39, 0.29) is 17.9 Å². The Morgan fingerprint density at radius 3 is 2.82 bits per heavy atom. The number of rotatable bonds is 3. The van der Waals surface area contributed by atoms with Crippen molar-refractivity contribution >= 4 is 11.7 Å². The second-order valence-electron chi connectivity index (χ2n) is 7.95. The number of hydrogen-bond acceptors (Lipinski definition) is 6. The van der Waals surface area contributed by atoms with Crippen molar-refractivity contribution in [2.45, 2.75) is 32.9 Å². The van der Waals surface area contributed by atoms with Gasteiger partial charge in [-0.2, -0.15) is 0 Å². The molecule has 0 saturated carbocycles. The number of nitrogens with one attached hydrogen (secondary N) is 2. The lowest BCUT2D eigenvalue weighted by Gasteiger charge is -2.33. The Morgan fingerprint density at radius 2 is 2.07 bits per heavy atom. The number of aryl methyl sites for hydroxylation is 2. The summed E-state index contributed by atoms with van der Waals surface area (Å²) in [6, 6.07) is 8.35. The summed E-state index contributed by atoms with van der Waals surface area (Å²) in [6.45, 7) is 5.87. The summed E-state index contributed by atoms with van der Waals surface area (Å²) in [6.07, 6.45) is 0.789. The maximum Gasteiger partial charge on any atom is 0.229 e. The van der Waals surface area contributed by atoms with E-state index in [1.807, 2.05) is 36.9 Å². The van der Waals surface area contributed by atoms with Gasteiger partial charge in [0.2, 0.25) is 5.91 Å². The monoisotopic (exact) mass is 380 g/mol. The maximum atomic E-state index is 13.4. The van der Waals surface area contributed by atoms with E-state index in [1.165, 1.54) is 5.56 Å². The molecule has 28 heavy (non-hydrogen) atoms. The van der Waals surface area contributed by atoms with Crippen LogP contribution in [0.1, 0.15) is 34.3 Å². The highest BCUT2D eigenvalue weighted by molar-refractivity contribution is 5.81. The molecule has 0 radical (unpaired) electrons. The van der Waals surface area contributed by atoms with Crippen LogP contribution in [0.3, 0.4) is 0 Å². The third-order valence-electron chi connectivity index (χ3n) is 5.59. The number of aromatic nitrogens is 2. The van der Waals surface area contributed by atoms with E-state index >= 15 is 0 Å². The number of fused-ring (bicyclic) bond motifs is 1. The minimum Gasteiger partial charge on any atom is -0.362 e. The number of benzene rings is 1. The van der Waals surface area contributed by atoms with Crippen LogP contribution >= 0.6 is 0 Å². The Kier molecular flexibility index (Phi) is 5.03. The average Bonchev–Trinajstić information content (AvgIpc) is 3.16. The van der Waals surface area contributed by atoms with Gasteiger partial charge in [0.1, 0.15) is 11.6 Å². The molecule has 1 aromatic heterocycles. The SMILES string of the molecule is Cc1cccc(C2NNCC2C(=O)N2CCc3c(nc(C)nc3N(C)C)C2)c1.